The van der Waals surface area contributed by atoms with Crippen LogP contribution in [0.5, 0.6) is 0 Å². The van der Waals surface area contributed by atoms with Crippen molar-refractivity contribution in [2.24, 2.45) is 0 Å². The molecular formula is C11H12O. The van der Waals surface area contributed by atoms with E-state index in [1.165, 1.54) is 17.2 Å². The summed E-state index contributed by atoms with van der Waals surface area (Å²) < 4.78 is 0. The number of aldehydes is 1. The molecule has 0 aliphatic heterocycles. The van der Waals surface area contributed by atoms with Gasteiger partial charge in [-0.1, -0.05) is 24.3 Å². The van der Waals surface area contributed by atoms with Gasteiger partial charge in [-0.3, -0.25) is 4.79 Å². The van der Waals surface area contributed by atoms with Gasteiger partial charge in [0.2, 0.25) is 0 Å². The van der Waals surface area contributed by atoms with Gasteiger partial charge in [0.05, 0.1) is 0 Å². The molecule has 0 amide bonds. The van der Waals surface area contributed by atoms with E-state index in [4.69, 9.17) is 0 Å². The Balaban J connectivity index is 3.12. The van der Waals surface area contributed by atoms with E-state index in [-0.39, 0.29) is 0 Å². The molecule has 1 aromatic carbocycles. The highest BCUT2D eigenvalue weighted by Gasteiger charge is 1.95. The summed E-state index contributed by atoms with van der Waals surface area (Å²) in [5, 5.41) is 0. The number of rotatable bonds is 2. The molecule has 12 heavy (non-hydrogen) atoms. The predicted molar refractivity (Wildman–Crippen MR) is 51.0 cm³/mol. The average Bonchev–Trinajstić information content (AvgIpc) is 2.04. The van der Waals surface area contributed by atoms with E-state index in [9.17, 15) is 4.79 Å². The number of aryl methyl sites for hydroxylation is 2. The Morgan fingerprint density at radius 2 is 1.75 bits per heavy atom. The second kappa shape index (κ2) is 3.86. The van der Waals surface area contributed by atoms with Crippen molar-refractivity contribution in [3.8, 4) is 0 Å². The van der Waals surface area contributed by atoms with Crippen LogP contribution in [0.15, 0.2) is 24.3 Å². The van der Waals surface area contributed by atoms with Crippen LogP contribution in [-0.2, 0) is 4.79 Å². The molecule has 0 unspecified atom stereocenters. The Morgan fingerprint density at radius 3 is 2.25 bits per heavy atom. The molecule has 1 rings (SSSR count). The molecule has 0 saturated heterocycles. The van der Waals surface area contributed by atoms with Crippen LogP contribution in [0, 0.1) is 13.8 Å². The first-order valence-corrected chi connectivity index (χ1v) is 3.94. The van der Waals surface area contributed by atoms with Crippen LogP contribution in [-0.4, -0.2) is 6.29 Å². The molecule has 0 aliphatic rings. The summed E-state index contributed by atoms with van der Waals surface area (Å²) in [6.07, 6.45) is 4.17. The van der Waals surface area contributed by atoms with Crippen molar-refractivity contribution in [3.05, 3.63) is 41.0 Å². The molecule has 0 saturated carbocycles. The third-order valence-corrected chi connectivity index (χ3v) is 1.88. The largest absolute Gasteiger partial charge is 0.299 e. The van der Waals surface area contributed by atoms with Gasteiger partial charge in [0.15, 0.2) is 0 Å². The first kappa shape index (κ1) is 8.72. The monoisotopic (exact) mass is 160 g/mol. The van der Waals surface area contributed by atoms with Gasteiger partial charge in [0.25, 0.3) is 0 Å². The normalized spacial score (nSPS) is 10.5. The number of carbonyl (C=O) groups excluding carboxylic acids is 1. The zero-order valence-corrected chi connectivity index (χ0v) is 7.37. The summed E-state index contributed by atoms with van der Waals surface area (Å²) in [7, 11) is 0. The lowest BCUT2D eigenvalue weighted by Crippen LogP contribution is -1.84. The number of carbonyl (C=O) groups is 1. The van der Waals surface area contributed by atoms with Gasteiger partial charge in [-0.25, -0.2) is 0 Å². The van der Waals surface area contributed by atoms with E-state index in [1.807, 2.05) is 38.1 Å². The van der Waals surface area contributed by atoms with Crippen LogP contribution >= 0.6 is 0 Å². The third-order valence-electron chi connectivity index (χ3n) is 1.88. The standard InChI is InChI=1S/C11H12O/c1-9-5-3-6-10(2)11(9)7-4-8-12/h3-8H,1-2H3/b7-4+. The molecule has 0 fully saturated rings. The van der Waals surface area contributed by atoms with Crippen molar-refractivity contribution in [1.82, 2.24) is 0 Å². The van der Waals surface area contributed by atoms with Crippen molar-refractivity contribution >= 4 is 12.4 Å². The first-order chi connectivity index (χ1) is 5.75. The summed E-state index contributed by atoms with van der Waals surface area (Å²) in [4.78, 5) is 10.1. The van der Waals surface area contributed by atoms with Gasteiger partial charge in [0.1, 0.15) is 6.29 Å². The molecule has 0 N–H and O–H groups in total. The maximum atomic E-state index is 10.1. The van der Waals surface area contributed by atoms with Crippen molar-refractivity contribution in [3.63, 3.8) is 0 Å². The lowest BCUT2D eigenvalue weighted by Gasteiger charge is -2.02. The summed E-state index contributed by atoms with van der Waals surface area (Å²) in [6, 6.07) is 6.10. The number of hydrogen-bond donors (Lipinski definition) is 0. The topological polar surface area (TPSA) is 17.1 Å². The summed E-state index contributed by atoms with van der Waals surface area (Å²) in [5.41, 5.74) is 3.55. The SMILES string of the molecule is Cc1cccc(C)c1/C=C/C=O. The molecule has 0 atom stereocenters. The number of hydrogen-bond acceptors (Lipinski definition) is 1. The van der Waals surface area contributed by atoms with Gasteiger partial charge in [-0.05, 0) is 36.6 Å². The van der Waals surface area contributed by atoms with E-state index in [1.54, 1.807) is 0 Å². The van der Waals surface area contributed by atoms with Crippen molar-refractivity contribution in [2.45, 2.75) is 13.8 Å². The van der Waals surface area contributed by atoms with Gasteiger partial charge >= 0.3 is 0 Å². The molecule has 1 heteroatoms. The van der Waals surface area contributed by atoms with Crippen LogP contribution < -0.4 is 0 Å². The fraction of sp³-hybridized carbons (Fsp3) is 0.182. The van der Waals surface area contributed by atoms with Crippen molar-refractivity contribution in [1.29, 1.82) is 0 Å². The zero-order chi connectivity index (χ0) is 8.97. The van der Waals surface area contributed by atoms with E-state index < -0.39 is 0 Å². The predicted octanol–water partition coefficient (Wildman–Crippen LogP) is 2.52. The molecule has 1 nitrogen and oxygen atoms in total. The fourth-order valence-electron chi connectivity index (χ4n) is 1.23. The van der Waals surface area contributed by atoms with Gasteiger partial charge in [-0.2, -0.15) is 0 Å². The highest BCUT2D eigenvalue weighted by Crippen LogP contribution is 2.14. The molecule has 0 heterocycles. The number of allylic oxidation sites excluding steroid dienone is 1. The quantitative estimate of drug-likeness (QED) is 0.480. The minimum absolute atomic E-state index is 0.797. The second-order valence-corrected chi connectivity index (χ2v) is 2.80. The lowest BCUT2D eigenvalue weighted by atomic mass is 10.0. The Bertz CT molecular complexity index is 291. The van der Waals surface area contributed by atoms with Crippen LogP contribution in [0.2, 0.25) is 0 Å². The smallest absolute Gasteiger partial charge is 0.142 e. The highest BCUT2D eigenvalue weighted by atomic mass is 16.1. The minimum Gasteiger partial charge on any atom is -0.299 e. The molecule has 0 radical (unpaired) electrons. The molecule has 1 aromatic rings. The third kappa shape index (κ3) is 1.82. The van der Waals surface area contributed by atoms with E-state index in [2.05, 4.69) is 0 Å². The fourth-order valence-corrected chi connectivity index (χ4v) is 1.23. The molecule has 0 spiro atoms. The Morgan fingerprint density at radius 1 is 1.17 bits per heavy atom. The lowest BCUT2D eigenvalue weighted by molar-refractivity contribution is -0.104. The minimum atomic E-state index is 0.797. The van der Waals surface area contributed by atoms with Crippen LogP contribution in [0.4, 0.5) is 0 Å². The maximum absolute atomic E-state index is 10.1. The molecular weight excluding hydrogens is 148 g/mol. The summed E-state index contributed by atoms with van der Waals surface area (Å²) >= 11 is 0. The van der Waals surface area contributed by atoms with Crippen LogP contribution in [0.25, 0.3) is 6.08 Å². The molecule has 0 bridgehead atoms. The maximum Gasteiger partial charge on any atom is 0.142 e. The van der Waals surface area contributed by atoms with Gasteiger partial charge < -0.3 is 0 Å². The zero-order valence-electron chi connectivity index (χ0n) is 7.37. The highest BCUT2D eigenvalue weighted by molar-refractivity contribution is 5.75. The van der Waals surface area contributed by atoms with E-state index in [0.29, 0.717) is 0 Å². The Kier molecular flexibility index (Phi) is 2.81. The van der Waals surface area contributed by atoms with E-state index >= 15 is 0 Å². The number of benzene rings is 1. The van der Waals surface area contributed by atoms with Crippen molar-refractivity contribution < 1.29 is 4.79 Å². The van der Waals surface area contributed by atoms with Crippen LogP contribution in [0.1, 0.15) is 16.7 Å². The summed E-state index contributed by atoms with van der Waals surface area (Å²) in [6.45, 7) is 4.08. The van der Waals surface area contributed by atoms with Crippen molar-refractivity contribution in [2.75, 3.05) is 0 Å². The van der Waals surface area contributed by atoms with Crippen LogP contribution in [0.3, 0.4) is 0 Å². The van der Waals surface area contributed by atoms with Gasteiger partial charge in [-0.15, -0.1) is 0 Å². The first-order valence-electron chi connectivity index (χ1n) is 3.94. The summed E-state index contributed by atoms with van der Waals surface area (Å²) in [5.74, 6) is 0. The molecule has 0 aliphatic carbocycles. The van der Waals surface area contributed by atoms with E-state index in [0.717, 1.165) is 11.8 Å². The Hall–Kier alpha value is -1.37. The Labute approximate surface area is 72.7 Å². The second-order valence-electron chi connectivity index (χ2n) is 2.80. The molecule has 0 aromatic heterocycles. The average molecular weight is 160 g/mol. The van der Waals surface area contributed by atoms with Gasteiger partial charge in [0, 0.05) is 0 Å². The molecule has 62 valence electrons.